The van der Waals surface area contributed by atoms with E-state index in [4.69, 9.17) is 0 Å². The highest BCUT2D eigenvalue weighted by Crippen LogP contribution is 2.16. The van der Waals surface area contributed by atoms with Crippen molar-refractivity contribution in [2.45, 2.75) is 32.2 Å². The lowest BCUT2D eigenvalue weighted by Gasteiger charge is -2.26. The highest BCUT2D eigenvalue weighted by atomic mass is 16.1. The summed E-state index contributed by atoms with van der Waals surface area (Å²) in [5.41, 5.74) is 1.49. The van der Waals surface area contributed by atoms with Gasteiger partial charge >= 0.3 is 0 Å². The maximum atomic E-state index is 12.4. The van der Waals surface area contributed by atoms with Gasteiger partial charge in [0.2, 0.25) is 5.95 Å². The Morgan fingerprint density at radius 1 is 1.13 bits per heavy atom. The van der Waals surface area contributed by atoms with Gasteiger partial charge in [0.15, 0.2) is 0 Å². The molecule has 0 bridgehead atoms. The first kappa shape index (κ1) is 15.5. The van der Waals surface area contributed by atoms with Crippen molar-refractivity contribution in [1.82, 2.24) is 15.3 Å². The fourth-order valence-corrected chi connectivity index (χ4v) is 2.82. The molecule has 0 saturated carbocycles. The molecule has 1 aliphatic heterocycles. The Morgan fingerprint density at radius 2 is 1.87 bits per heavy atom. The topological polar surface area (TPSA) is 58.1 Å². The average molecular weight is 310 g/mol. The van der Waals surface area contributed by atoms with Crippen LogP contribution in [0.3, 0.4) is 0 Å². The van der Waals surface area contributed by atoms with Crippen molar-refractivity contribution in [1.29, 1.82) is 0 Å². The summed E-state index contributed by atoms with van der Waals surface area (Å²) >= 11 is 0. The zero-order valence-corrected chi connectivity index (χ0v) is 13.4. The van der Waals surface area contributed by atoms with Gasteiger partial charge in [0.05, 0.1) is 6.04 Å². The largest absolute Gasteiger partial charge is 0.344 e. The minimum Gasteiger partial charge on any atom is -0.344 e. The van der Waals surface area contributed by atoms with E-state index < -0.39 is 0 Å². The highest BCUT2D eigenvalue weighted by molar-refractivity contribution is 5.92. The first-order chi connectivity index (χ1) is 11.2. The quantitative estimate of drug-likeness (QED) is 0.943. The number of anilines is 1. The Balaban J connectivity index is 1.69. The third-order valence-corrected chi connectivity index (χ3v) is 4.16. The van der Waals surface area contributed by atoms with Gasteiger partial charge < -0.3 is 10.2 Å². The second-order valence-corrected chi connectivity index (χ2v) is 5.90. The number of benzene rings is 1. The summed E-state index contributed by atoms with van der Waals surface area (Å²) in [7, 11) is 0. The molecule has 1 aromatic heterocycles. The first-order valence-corrected chi connectivity index (χ1v) is 8.18. The number of rotatable bonds is 4. The van der Waals surface area contributed by atoms with Crippen molar-refractivity contribution in [2.24, 2.45) is 0 Å². The normalized spacial score (nSPS) is 16.0. The van der Waals surface area contributed by atoms with Crippen LogP contribution in [0.4, 0.5) is 5.95 Å². The predicted molar refractivity (Wildman–Crippen MR) is 90.4 cm³/mol. The number of nitrogens with zero attached hydrogens (tertiary/aromatic N) is 3. The van der Waals surface area contributed by atoms with Gasteiger partial charge in [-0.25, -0.2) is 9.97 Å². The summed E-state index contributed by atoms with van der Waals surface area (Å²) in [6, 6.07) is 11.5. The summed E-state index contributed by atoms with van der Waals surface area (Å²) in [6.07, 6.45) is 5.24. The number of carbonyl (C=O) groups is 1. The molecule has 2 aromatic rings. The third-order valence-electron chi connectivity index (χ3n) is 4.16. The van der Waals surface area contributed by atoms with Crippen LogP contribution in [0.2, 0.25) is 0 Å². The van der Waals surface area contributed by atoms with Crippen molar-refractivity contribution in [3.63, 3.8) is 0 Å². The van der Waals surface area contributed by atoms with E-state index in [-0.39, 0.29) is 11.9 Å². The summed E-state index contributed by atoms with van der Waals surface area (Å²) in [5, 5.41) is 2.99. The Labute approximate surface area is 136 Å². The Kier molecular flexibility index (Phi) is 4.86. The van der Waals surface area contributed by atoms with Crippen LogP contribution in [-0.4, -0.2) is 29.0 Å². The van der Waals surface area contributed by atoms with Crippen LogP contribution in [0.25, 0.3) is 0 Å². The molecule has 5 heteroatoms. The van der Waals surface area contributed by atoms with E-state index in [0.29, 0.717) is 11.6 Å². The standard InChI is InChI=1S/C18H22N4O/c1-14(15-8-4-2-5-9-15)20-17(23)16-10-11-19-18(21-16)22-12-6-3-7-13-22/h2,4-5,8-11,14H,3,6-7,12-13H2,1H3,(H,20,23). The van der Waals surface area contributed by atoms with Gasteiger partial charge in [-0.1, -0.05) is 30.3 Å². The van der Waals surface area contributed by atoms with Gasteiger partial charge in [-0.3, -0.25) is 4.79 Å². The first-order valence-electron chi connectivity index (χ1n) is 8.18. The van der Waals surface area contributed by atoms with Gasteiger partial charge in [-0.05, 0) is 37.8 Å². The number of carbonyl (C=O) groups excluding carboxylic acids is 1. The Bertz CT molecular complexity index is 653. The smallest absolute Gasteiger partial charge is 0.270 e. The Morgan fingerprint density at radius 3 is 2.61 bits per heavy atom. The molecule has 3 rings (SSSR count). The van der Waals surface area contributed by atoms with Crippen LogP contribution >= 0.6 is 0 Å². The van der Waals surface area contributed by atoms with Crippen LogP contribution in [-0.2, 0) is 0 Å². The molecule has 0 spiro atoms. The van der Waals surface area contributed by atoms with Crippen molar-refractivity contribution >= 4 is 11.9 Å². The van der Waals surface area contributed by atoms with Gasteiger partial charge in [-0.15, -0.1) is 0 Å². The summed E-state index contributed by atoms with van der Waals surface area (Å²) < 4.78 is 0. The number of amides is 1. The molecule has 5 nitrogen and oxygen atoms in total. The molecule has 0 radical (unpaired) electrons. The molecule has 0 aliphatic carbocycles. The summed E-state index contributed by atoms with van der Waals surface area (Å²) in [6.45, 7) is 3.90. The third kappa shape index (κ3) is 3.86. The lowest BCUT2D eigenvalue weighted by Crippen LogP contribution is -2.32. The minimum atomic E-state index is -0.165. The zero-order valence-electron chi connectivity index (χ0n) is 13.4. The molecule has 1 aliphatic rings. The number of piperidine rings is 1. The van der Waals surface area contributed by atoms with E-state index >= 15 is 0 Å². The van der Waals surface area contributed by atoms with E-state index in [1.807, 2.05) is 37.3 Å². The fourth-order valence-electron chi connectivity index (χ4n) is 2.82. The van der Waals surface area contributed by atoms with E-state index in [2.05, 4.69) is 20.2 Å². The van der Waals surface area contributed by atoms with E-state index in [1.54, 1.807) is 12.3 Å². The molecule has 23 heavy (non-hydrogen) atoms. The molecule has 1 atom stereocenters. The van der Waals surface area contributed by atoms with Crippen molar-refractivity contribution in [3.05, 3.63) is 53.9 Å². The minimum absolute atomic E-state index is 0.0582. The van der Waals surface area contributed by atoms with Crippen molar-refractivity contribution < 1.29 is 4.79 Å². The van der Waals surface area contributed by atoms with Crippen LogP contribution in [0, 0.1) is 0 Å². The lowest BCUT2D eigenvalue weighted by molar-refractivity contribution is 0.0934. The van der Waals surface area contributed by atoms with E-state index in [9.17, 15) is 4.79 Å². The molecular weight excluding hydrogens is 288 g/mol. The fraction of sp³-hybridized carbons (Fsp3) is 0.389. The van der Waals surface area contributed by atoms with Crippen LogP contribution < -0.4 is 10.2 Å². The van der Waals surface area contributed by atoms with Crippen LogP contribution in [0.5, 0.6) is 0 Å². The maximum Gasteiger partial charge on any atom is 0.270 e. The number of hydrogen-bond acceptors (Lipinski definition) is 4. The monoisotopic (exact) mass is 310 g/mol. The molecule has 1 N–H and O–H groups in total. The summed E-state index contributed by atoms with van der Waals surface area (Å²) in [5.74, 6) is 0.492. The number of aromatic nitrogens is 2. The van der Waals surface area contributed by atoms with Crippen LogP contribution in [0.15, 0.2) is 42.6 Å². The highest BCUT2D eigenvalue weighted by Gasteiger charge is 2.17. The summed E-state index contributed by atoms with van der Waals surface area (Å²) in [4.78, 5) is 23.4. The SMILES string of the molecule is CC(NC(=O)c1ccnc(N2CCCCC2)n1)c1ccccc1. The molecule has 2 heterocycles. The average Bonchev–Trinajstić information content (AvgIpc) is 2.63. The molecule has 120 valence electrons. The van der Waals surface area contributed by atoms with Gasteiger partial charge in [0, 0.05) is 19.3 Å². The second kappa shape index (κ2) is 7.22. The van der Waals surface area contributed by atoms with Gasteiger partial charge in [-0.2, -0.15) is 0 Å². The number of nitrogens with one attached hydrogen (secondary N) is 1. The van der Waals surface area contributed by atoms with Crippen molar-refractivity contribution in [2.75, 3.05) is 18.0 Å². The molecule has 1 unspecified atom stereocenters. The molecule has 1 fully saturated rings. The maximum absolute atomic E-state index is 12.4. The molecule has 1 aromatic carbocycles. The zero-order chi connectivity index (χ0) is 16.1. The van der Waals surface area contributed by atoms with E-state index in [0.717, 1.165) is 31.5 Å². The van der Waals surface area contributed by atoms with Gasteiger partial charge in [0.25, 0.3) is 5.91 Å². The second-order valence-electron chi connectivity index (χ2n) is 5.90. The molecule has 1 saturated heterocycles. The number of hydrogen-bond donors (Lipinski definition) is 1. The van der Waals surface area contributed by atoms with E-state index in [1.165, 1.54) is 6.42 Å². The van der Waals surface area contributed by atoms with Crippen LogP contribution in [0.1, 0.15) is 48.3 Å². The van der Waals surface area contributed by atoms with Gasteiger partial charge in [0.1, 0.15) is 5.69 Å². The predicted octanol–water partition coefficient (Wildman–Crippen LogP) is 2.96. The molecule has 1 amide bonds. The molecular formula is C18H22N4O. The lowest BCUT2D eigenvalue weighted by atomic mass is 10.1. The Hall–Kier alpha value is -2.43. The van der Waals surface area contributed by atoms with Crippen molar-refractivity contribution in [3.8, 4) is 0 Å².